The van der Waals surface area contributed by atoms with Gasteiger partial charge in [-0.05, 0) is 65.3 Å². The van der Waals surface area contributed by atoms with Gasteiger partial charge in [-0.1, -0.05) is 38.1 Å². The van der Waals surface area contributed by atoms with Gasteiger partial charge in [0.25, 0.3) is 11.7 Å². The van der Waals surface area contributed by atoms with Crippen molar-refractivity contribution in [3.8, 4) is 5.75 Å². The van der Waals surface area contributed by atoms with Gasteiger partial charge in [0, 0.05) is 18.7 Å². The number of rotatable bonds is 8. The van der Waals surface area contributed by atoms with Crippen molar-refractivity contribution in [3.63, 3.8) is 0 Å². The second-order valence-electron chi connectivity index (χ2n) is 7.73. The van der Waals surface area contributed by atoms with Gasteiger partial charge in [0.15, 0.2) is 0 Å². The molecule has 2 aromatic rings. The number of carbonyl (C=O) groups excluding carboxylic acids is 2. The Morgan fingerprint density at radius 1 is 1.16 bits per heavy atom. The monoisotopic (exact) mass is 500 g/mol. The van der Waals surface area contributed by atoms with E-state index in [1.54, 1.807) is 30.2 Å². The van der Waals surface area contributed by atoms with Crippen LogP contribution < -0.4 is 4.74 Å². The number of nitrogens with zero attached hydrogens (tertiary/aromatic N) is 2. The molecule has 1 atom stereocenters. The van der Waals surface area contributed by atoms with Crippen LogP contribution >= 0.6 is 15.9 Å². The number of amides is 1. The number of carbonyl (C=O) groups is 2. The molecule has 2 aromatic carbocycles. The maximum Gasteiger partial charge on any atom is 0.295 e. The Balaban J connectivity index is 2.13. The Hall–Kier alpha value is -2.64. The third-order valence-electron chi connectivity index (χ3n) is 6.00. The van der Waals surface area contributed by atoms with Crippen LogP contribution in [0, 0.1) is 6.92 Å². The number of likely N-dealkylation sites (N-methyl/N-ethyl adjacent to an activating group) is 1. The molecule has 0 radical (unpaired) electrons. The summed E-state index contributed by atoms with van der Waals surface area (Å²) >= 11 is 3.42. The van der Waals surface area contributed by atoms with E-state index in [-0.39, 0.29) is 11.3 Å². The minimum atomic E-state index is -0.665. The Morgan fingerprint density at radius 3 is 2.44 bits per heavy atom. The fourth-order valence-corrected chi connectivity index (χ4v) is 4.63. The topological polar surface area (TPSA) is 70.1 Å². The normalized spacial score (nSPS) is 17.9. The van der Waals surface area contributed by atoms with E-state index in [0.717, 1.165) is 24.2 Å². The number of hydrogen-bond acceptors (Lipinski definition) is 5. The van der Waals surface area contributed by atoms with E-state index in [9.17, 15) is 14.7 Å². The molecule has 0 spiro atoms. The van der Waals surface area contributed by atoms with Crippen molar-refractivity contribution in [1.29, 1.82) is 0 Å². The summed E-state index contributed by atoms with van der Waals surface area (Å²) in [6, 6.07) is 12.1. The highest BCUT2D eigenvalue weighted by Gasteiger charge is 2.46. The predicted molar refractivity (Wildman–Crippen MR) is 129 cm³/mol. The molecule has 1 fully saturated rings. The van der Waals surface area contributed by atoms with Crippen LogP contribution in [0.1, 0.15) is 36.6 Å². The molecule has 0 aliphatic carbocycles. The molecule has 1 unspecified atom stereocenters. The number of aryl methyl sites for hydroxylation is 1. The highest BCUT2D eigenvalue weighted by molar-refractivity contribution is 9.10. The number of aliphatic hydroxyl groups excluding tert-OH is 1. The summed E-state index contributed by atoms with van der Waals surface area (Å²) in [5.41, 5.74) is 2.34. The van der Waals surface area contributed by atoms with Gasteiger partial charge in [-0.2, -0.15) is 0 Å². The van der Waals surface area contributed by atoms with Crippen molar-refractivity contribution in [2.75, 3.05) is 33.3 Å². The van der Waals surface area contributed by atoms with Crippen molar-refractivity contribution < 1.29 is 19.4 Å². The number of ether oxygens (including phenoxy) is 1. The highest BCUT2D eigenvalue weighted by atomic mass is 79.9. The van der Waals surface area contributed by atoms with Crippen molar-refractivity contribution in [1.82, 2.24) is 9.80 Å². The SMILES string of the molecule is CCN(CC)CCN1C(=O)C(=O)/C(=C(/O)c2ccc(OC)c(Br)c2)C1c1ccccc1C. The summed E-state index contributed by atoms with van der Waals surface area (Å²) in [5.74, 6) is -0.830. The molecule has 1 aliphatic rings. The van der Waals surface area contributed by atoms with E-state index in [1.165, 1.54) is 0 Å². The molecular formula is C25H29BrN2O4. The molecule has 32 heavy (non-hydrogen) atoms. The molecule has 170 valence electrons. The van der Waals surface area contributed by atoms with Gasteiger partial charge in [0.05, 0.1) is 23.2 Å². The number of Topliss-reactive ketones (excluding diaryl/α,β-unsaturated/α-hetero) is 1. The zero-order valence-corrected chi connectivity index (χ0v) is 20.5. The number of benzene rings is 2. The number of likely N-dealkylation sites (tertiary alicyclic amines) is 1. The first kappa shape index (κ1) is 24.0. The quantitative estimate of drug-likeness (QED) is 0.327. The van der Waals surface area contributed by atoms with Gasteiger partial charge in [0.1, 0.15) is 11.5 Å². The number of ketones is 1. The van der Waals surface area contributed by atoms with Crippen LogP contribution in [0.25, 0.3) is 5.76 Å². The molecule has 6 nitrogen and oxygen atoms in total. The lowest BCUT2D eigenvalue weighted by atomic mass is 9.92. The smallest absolute Gasteiger partial charge is 0.295 e. The van der Waals surface area contributed by atoms with E-state index < -0.39 is 17.7 Å². The zero-order valence-electron chi connectivity index (χ0n) is 18.9. The van der Waals surface area contributed by atoms with Crippen LogP contribution in [0.4, 0.5) is 0 Å². The summed E-state index contributed by atoms with van der Waals surface area (Å²) in [4.78, 5) is 30.0. The average Bonchev–Trinajstić information content (AvgIpc) is 3.04. The predicted octanol–water partition coefficient (Wildman–Crippen LogP) is 4.53. The number of methoxy groups -OCH3 is 1. The zero-order chi connectivity index (χ0) is 23.4. The standard InChI is InChI=1S/C25H29BrN2O4/c1-5-27(6-2)13-14-28-22(18-10-8-7-9-16(18)3)21(24(30)25(28)31)23(29)17-11-12-20(32-4)19(26)15-17/h7-12,15,22,29H,5-6,13-14H2,1-4H3/b23-21+. The third kappa shape index (κ3) is 4.59. The molecule has 0 saturated carbocycles. The lowest BCUT2D eigenvalue weighted by Gasteiger charge is -2.29. The van der Waals surface area contributed by atoms with E-state index in [0.29, 0.717) is 28.9 Å². The molecule has 1 N–H and O–H groups in total. The Kier molecular flexibility index (Phi) is 7.74. The maximum atomic E-state index is 13.2. The largest absolute Gasteiger partial charge is 0.507 e. The van der Waals surface area contributed by atoms with E-state index >= 15 is 0 Å². The first-order chi connectivity index (χ1) is 15.3. The van der Waals surface area contributed by atoms with E-state index in [2.05, 4.69) is 34.7 Å². The van der Waals surface area contributed by atoms with Crippen LogP contribution in [0.5, 0.6) is 5.75 Å². The maximum absolute atomic E-state index is 13.2. The molecule has 0 aromatic heterocycles. The average molecular weight is 501 g/mol. The van der Waals surface area contributed by atoms with Crippen LogP contribution in [0.15, 0.2) is 52.5 Å². The third-order valence-corrected chi connectivity index (χ3v) is 6.62. The molecule has 1 saturated heterocycles. The minimum Gasteiger partial charge on any atom is -0.507 e. The Morgan fingerprint density at radius 2 is 1.84 bits per heavy atom. The van der Waals surface area contributed by atoms with Crippen molar-refractivity contribution in [3.05, 3.63) is 69.2 Å². The fourth-order valence-electron chi connectivity index (χ4n) is 4.09. The van der Waals surface area contributed by atoms with E-state index in [1.807, 2.05) is 31.2 Å². The van der Waals surface area contributed by atoms with Crippen molar-refractivity contribution in [2.24, 2.45) is 0 Å². The van der Waals surface area contributed by atoms with Gasteiger partial charge < -0.3 is 19.6 Å². The Labute approximate surface area is 197 Å². The van der Waals surface area contributed by atoms with Gasteiger partial charge in [0.2, 0.25) is 0 Å². The van der Waals surface area contributed by atoms with Gasteiger partial charge in [-0.3, -0.25) is 9.59 Å². The first-order valence-electron chi connectivity index (χ1n) is 10.7. The van der Waals surface area contributed by atoms with Crippen LogP contribution in [-0.4, -0.2) is 59.9 Å². The highest BCUT2D eigenvalue weighted by Crippen LogP contribution is 2.41. The van der Waals surface area contributed by atoms with E-state index in [4.69, 9.17) is 4.74 Å². The summed E-state index contributed by atoms with van der Waals surface area (Å²) in [7, 11) is 1.55. The van der Waals surface area contributed by atoms with Gasteiger partial charge in [-0.25, -0.2) is 0 Å². The summed E-state index contributed by atoms with van der Waals surface area (Å²) in [6.07, 6.45) is 0. The summed E-state index contributed by atoms with van der Waals surface area (Å²) < 4.78 is 5.91. The molecule has 0 bridgehead atoms. The summed E-state index contributed by atoms with van der Waals surface area (Å²) in [5, 5.41) is 11.2. The molecule has 3 rings (SSSR count). The molecular weight excluding hydrogens is 472 g/mol. The molecule has 1 heterocycles. The van der Waals surface area contributed by atoms with Crippen LogP contribution in [-0.2, 0) is 9.59 Å². The number of aliphatic hydroxyl groups is 1. The van der Waals surface area contributed by atoms with Crippen molar-refractivity contribution >= 4 is 33.4 Å². The molecule has 1 aliphatic heterocycles. The lowest BCUT2D eigenvalue weighted by Crippen LogP contribution is -2.38. The summed E-state index contributed by atoms with van der Waals surface area (Å²) in [6.45, 7) is 8.84. The molecule has 1 amide bonds. The van der Waals surface area contributed by atoms with Crippen LogP contribution in [0.3, 0.4) is 0 Å². The van der Waals surface area contributed by atoms with Crippen molar-refractivity contribution in [2.45, 2.75) is 26.8 Å². The van der Waals surface area contributed by atoms with Crippen LogP contribution in [0.2, 0.25) is 0 Å². The lowest BCUT2D eigenvalue weighted by molar-refractivity contribution is -0.140. The molecule has 7 heteroatoms. The Bertz CT molecular complexity index is 1050. The van der Waals surface area contributed by atoms with Gasteiger partial charge in [-0.15, -0.1) is 0 Å². The second kappa shape index (κ2) is 10.3. The number of halogens is 1. The van der Waals surface area contributed by atoms with Gasteiger partial charge >= 0.3 is 0 Å². The number of hydrogen-bond donors (Lipinski definition) is 1. The first-order valence-corrected chi connectivity index (χ1v) is 11.5. The fraction of sp³-hybridized carbons (Fsp3) is 0.360. The second-order valence-corrected chi connectivity index (χ2v) is 8.58. The minimum absolute atomic E-state index is 0.112.